The molecule has 0 saturated heterocycles. The van der Waals surface area contributed by atoms with E-state index in [-0.39, 0.29) is 11.2 Å². The van der Waals surface area contributed by atoms with Gasteiger partial charge in [-0.1, -0.05) is 23.9 Å². The van der Waals surface area contributed by atoms with Crippen molar-refractivity contribution >= 4 is 17.7 Å². The first-order valence-corrected chi connectivity index (χ1v) is 7.91. The van der Waals surface area contributed by atoms with Crippen molar-refractivity contribution < 1.29 is 9.53 Å². The van der Waals surface area contributed by atoms with E-state index in [2.05, 4.69) is 15.3 Å². The maximum Gasteiger partial charge on any atom is 0.233 e. The highest BCUT2D eigenvalue weighted by Crippen LogP contribution is 2.18. The van der Waals surface area contributed by atoms with Crippen LogP contribution in [0.4, 0.5) is 0 Å². The summed E-state index contributed by atoms with van der Waals surface area (Å²) < 4.78 is 5.12. The highest BCUT2D eigenvalue weighted by Gasteiger charge is 2.14. The Balaban J connectivity index is 1.74. The van der Waals surface area contributed by atoms with E-state index in [9.17, 15) is 4.79 Å². The number of ether oxygens (including phenoxy) is 1. The molecule has 0 aliphatic rings. The van der Waals surface area contributed by atoms with Crippen LogP contribution in [-0.2, 0) is 11.2 Å². The number of nitrogens with zero attached hydrogens (tertiary/aromatic N) is 2. The summed E-state index contributed by atoms with van der Waals surface area (Å²) in [6.07, 6.45) is 4.13. The van der Waals surface area contributed by atoms with Crippen LogP contribution in [0.3, 0.4) is 0 Å². The number of hydrogen-bond donors (Lipinski definition) is 1. The molecule has 0 radical (unpaired) electrons. The second kappa shape index (κ2) is 8.38. The van der Waals surface area contributed by atoms with Crippen LogP contribution in [0, 0.1) is 0 Å². The second-order valence-corrected chi connectivity index (χ2v) is 5.99. The molecule has 0 saturated carbocycles. The van der Waals surface area contributed by atoms with Crippen LogP contribution in [0.1, 0.15) is 12.5 Å². The van der Waals surface area contributed by atoms with Crippen molar-refractivity contribution in [2.75, 3.05) is 13.7 Å². The Hall–Kier alpha value is -2.08. The van der Waals surface area contributed by atoms with Crippen molar-refractivity contribution in [1.29, 1.82) is 0 Å². The quantitative estimate of drug-likeness (QED) is 0.627. The normalized spacial score (nSPS) is 11.7. The van der Waals surface area contributed by atoms with Gasteiger partial charge in [-0.3, -0.25) is 4.79 Å². The maximum absolute atomic E-state index is 12.0. The zero-order chi connectivity index (χ0) is 15.8. The fourth-order valence-electron chi connectivity index (χ4n) is 1.82. The van der Waals surface area contributed by atoms with Crippen molar-refractivity contribution in [3.05, 3.63) is 48.3 Å². The third-order valence-corrected chi connectivity index (χ3v) is 4.05. The maximum atomic E-state index is 12.0. The monoisotopic (exact) mass is 317 g/mol. The summed E-state index contributed by atoms with van der Waals surface area (Å²) in [5.41, 5.74) is 1.16. The lowest BCUT2D eigenvalue weighted by Gasteiger charge is -2.11. The molecule has 1 amide bonds. The Morgan fingerprint density at radius 3 is 2.59 bits per heavy atom. The van der Waals surface area contributed by atoms with Crippen molar-refractivity contribution in [3.63, 3.8) is 0 Å². The molecule has 1 aromatic carbocycles. The zero-order valence-electron chi connectivity index (χ0n) is 12.7. The van der Waals surface area contributed by atoms with Crippen LogP contribution in [0.15, 0.2) is 47.9 Å². The van der Waals surface area contributed by atoms with E-state index in [0.717, 1.165) is 17.7 Å². The number of aromatic nitrogens is 2. The third kappa shape index (κ3) is 5.04. The van der Waals surface area contributed by atoms with E-state index < -0.39 is 0 Å². The highest BCUT2D eigenvalue weighted by atomic mass is 32.2. The van der Waals surface area contributed by atoms with E-state index in [1.54, 1.807) is 25.6 Å². The summed E-state index contributed by atoms with van der Waals surface area (Å²) >= 11 is 1.35. The largest absolute Gasteiger partial charge is 0.497 e. The Kier molecular flexibility index (Phi) is 6.21. The molecular weight excluding hydrogens is 298 g/mol. The standard InChI is InChI=1S/C16H19N3O2S/c1-12(22-16-18-9-3-10-19-16)15(20)17-11-8-13-4-6-14(21-2)7-5-13/h3-7,9-10,12H,8,11H2,1-2H3,(H,17,20). The van der Waals surface area contributed by atoms with Gasteiger partial charge in [-0.2, -0.15) is 0 Å². The molecule has 1 aromatic heterocycles. The summed E-state index contributed by atoms with van der Waals surface area (Å²) in [6, 6.07) is 9.59. The molecule has 0 aliphatic carbocycles. The molecule has 2 aromatic rings. The average Bonchev–Trinajstić information content (AvgIpc) is 2.56. The second-order valence-electron chi connectivity index (χ2n) is 4.68. The van der Waals surface area contributed by atoms with Gasteiger partial charge in [0.25, 0.3) is 0 Å². The molecule has 0 aliphatic heterocycles. The van der Waals surface area contributed by atoms with Crippen LogP contribution < -0.4 is 10.1 Å². The Morgan fingerprint density at radius 2 is 1.95 bits per heavy atom. The van der Waals surface area contributed by atoms with Gasteiger partial charge in [0.2, 0.25) is 5.91 Å². The third-order valence-electron chi connectivity index (χ3n) is 3.07. The number of carbonyl (C=O) groups is 1. The van der Waals surface area contributed by atoms with Crippen molar-refractivity contribution in [3.8, 4) is 5.75 Å². The number of benzene rings is 1. The predicted octanol–water partition coefficient (Wildman–Crippen LogP) is 2.32. The molecule has 0 fully saturated rings. The van der Waals surface area contributed by atoms with E-state index in [1.807, 2.05) is 31.2 Å². The molecule has 0 spiro atoms. The first kappa shape index (κ1) is 16.3. The first-order valence-electron chi connectivity index (χ1n) is 7.03. The van der Waals surface area contributed by atoms with Crippen molar-refractivity contribution in [1.82, 2.24) is 15.3 Å². The van der Waals surface area contributed by atoms with Gasteiger partial charge in [-0.05, 0) is 37.1 Å². The Bertz CT molecular complexity index is 590. The smallest absolute Gasteiger partial charge is 0.233 e. The molecule has 1 N–H and O–H groups in total. The molecule has 116 valence electrons. The summed E-state index contributed by atoms with van der Waals surface area (Å²) in [5, 5.41) is 3.32. The summed E-state index contributed by atoms with van der Waals surface area (Å²) in [5.74, 6) is 0.826. The number of amides is 1. The predicted molar refractivity (Wildman–Crippen MR) is 87.1 cm³/mol. The zero-order valence-corrected chi connectivity index (χ0v) is 13.5. The number of carbonyl (C=O) groups excluding carboxylic acids is 1. The number of methoxy groups -OCH3 is 1. The minimum atomic E-state index is -0.224. The van der Waals surface area contributed by atoms with Gasteiger partial charge in [0, 0.05) is 18.9 Å². The van der Waals surface area contributed by atoms with E-state index in [4.69, 9.17) is 4.74 Å². The highest BCUT2D eigenvalue weighted by molar-refractivity contribution is 8.00. The average molecular weight is 317 g/mol. The Morgan fingerprint density at radius 1 is 1.27 bits per heavy atom. The molecule has 1 unspecified atom stereocenters. The molecule has 5 nitrogen and oxygen atoms in total. The van der Waals surface area contributed by atoms with Crippen LogP contribution in [0.5, 0.6) is 5.75 Å². The van der Waals surface area contributed by atoms with Gasteiger partial charge in [-0.25, -0.2) is 9.97 Å². The summed E-state index contributed by atoms with van der Waals surface area (Å²) in [6.45, 7) is 2.45. The lowest BCUT2D eigenvalue weighted by Crippen LogP contribution is -2.32. The van der Waals surface area contributed by atoms with E-state index in [0.29, 0.717) is 11.7 Å². The minimum absolute atomic E-state index is 0.00837. The number of rotatable bonds is 7. The van der Waals surface area contributed by atoms with Gasteiger partial charge >= 0.3 is 0 Å². The van der Waals surface area contributed by atoms with E-state index in [1.165, 1.54) is 11.8 Å². The molecule has 22 heavy (non-hydrogen) atoms. The Labute approximate surface area is 134 Å². The van der Waals surface area contributed by atoms with Crippen molar-refractivity contribution in [2.45, 2.75) is 23.8 Å². The van der Waals surface area contributed by atoms with Crippen molar-refractivity contribution in [2.24, 2.45) is 0 Å². The van der Waals surface area contributed by atoms with Gasteiger partial charge in [-0.15, -0.1) is 0 Å². The lowest BCUT2D eigenvalue weighted by atomic mass is 10.1. The minimum Gasteiger partial charge on any atom is -0.497 e. The van der Waals surface area contributed by atoms with E-state index >= 15 is 0 Å². The fraction of sp³-hybridized carbons (Fsp3) is 0.312. The first-order chi connectivity index (χ1) is 10.7. The molecule has 6 heteroatoms. The van der Waals surface area contributed by atoms with Gasteiger partial charge < -0.3 is 10.1 Å². The lowest BCUT2D eigenvalue weighted by molar-refractivity contribution is -0.120. The molecular formula is C16H19N3O2S. The van der Waals surface area contributed by atoms with Gasteiger partial charge in [0.05, 0.1) is 12.4 Å². The van der Waals surface area contributed by atoms with Gasteiger partial charge in [0.1, 0.15) is 5.75 Å². The molecule has 1 atom stereocenters. The fourth-order valence-corrected chi connectivity index (χ4v) is 2.57. The topological polar surface area (TPSA) is 64.1 Å². The molecule has 0 bridgehead atoms. The molecule has 2 rings (SSSR count). The van der Waals surface area contributed by atoms with Crippen LogP contribution in [-0.4, -0.2) is 34.8 Å². The number of thioether (sulfide) groups is 1. The van der Waals surface area contributed by atoms with Gasteiger partial charge in [0.15, 0.2) is 5.16 Å². The molecule has 1 heterocycles. The summed E-state index contributed by atoms with van der Waals surface area (Å²) in [7, 11) is 1.64. The van der Waals surface area contributed by atoms with Crippen LogP contribution in [0.25, 0.3) is 0 Å². The number of hydrogen-bond acceptors (Lipinski definition) is 5. The number of nitrogens with one attached hydrogen (secondary N) is 1. The summed E-state index contributed by atoms with van der Waals surface area (Å²) in [4.78, 5) is 20.2. The SMILES string of the molecule is COc1ccc(CCNC(=O)C(C)Sc2ncccn2)cc1. The van der Waals surface area contributed by atoms with Crippen LogP contribution in [0.2, 0.25) is 0 Å². The van der Waals surface area contributed by atoms with Crippen LogP contribution >= 0.6 is 11.8 Å².